The van der Waals surface area contributed by atoms with Gasteiger partial charge in [0, 0.05) is 12.3 Å². The molecule has 0 nitrogen and oxygen atoms in total. The molecule has 0 N–H and O–H groups in total. The predicted octanol–water partition coefficient (Wildman–Crippen LogP) is 3.57. The molecule has 0 spiro atoms. The van der Waals surface area contributed by atoms with Crippen molar-refractivity contribution in [1.82, 2.24) is 0 Å². The maximum absolute atomic E-state index is 12.6. The maximum Gasteiger partial charge on any atom is 0.319 e. The number of halogens is 6. The monoisotopic (exact) mass is 232 g/mol. The van der Waals surface area contributed by atoms with Crippen LogP contribution in [0, 0.1) is 17.8 Å². The van der Waals surface area contributed by atoms with Gasteiger partial charge in [0.2, 0.25) is 0 Å². The second-order valence-corrected chi connectivity index (χ2v) is 4.60. The summed E-state index contributed by atoms with van der Waals surface area (Å²) in [6.07, 6.45) is -0.607. The normalized spacial score (nSPS) is 37.4. The molecule has 2 unspecified atom stereocenters. The Kier molecular flexibility index (Phi) is 1.94. The molecular formula is C9H10F6. The van der Waals surface area contributed by atoms with Crippen molar-refractivity contribution in [3.05, 3.63) is 0 Å². The summed E-state index contributed by atoms with van der Waals surface area (Å²) in [6.45, 7) is 1.19. The van der Waals surface area contributed by atoms with Gasteiger partial charge < -0.3 is 0 Å². The molecule has 0 heterocycles. The lowest BCUT2D eigenvalue weighted by molar-refractivity contribution is -0.0278. The van der Waals surface area contributed by atoms with Crippen LogP contribution in [-0.2, 0) is 0 Å². The molecule has 2 aliphatic rings. The third-order valence-electron chi connectivity index (χ3n) is 3.32. The highest BCUT2D eigenvalue weighted by Gasteiger charge is 2.86. The lowest BCUT2D eigenvalue weighted by Crippen LogP contribution is -2.08. The van der Waals surface area contributed by atoms with Crippen LogP contribution >= 0.6 is 0 Å². The van der Waals surface area contributed by atoms with E-state index in [0.29, 0.717) is 0 Å². The van der Waals surface area contributed by atoms with Crippen molar-refractivity contribution in [2.24, 2.45) is 17.8 Å². The average molecular weight is 232 g/mol. The van der Waals surface area contributed by atoms with Crippen LogP contribution in [0.25, 0.3) is 0 Å². The van der Waals surface area contributed by atoms with Crippen molar-refractivity contribution in [2.75, 3.05) is 0 Å². The summed E-state index contributed by atoms with van der Waals surface area (Å²) in [5.74, 6) is -14.9. The van der Waals surface area contributed by atoms with Crippen LogP contribution in [0.15, 0.2) is 0 Å². The first kappa shape index (κ1) is 11.1. The Balaban J connectivity index is 1.92. The highest BCUT2D eigenvalue weighted by Crippen LogP contribution is 2.67. The molecule has 2 saturated carbocycles. The molecule has 0 aromatic heterocycles. The summed E-state index contributed by atoms with van der Waals surface area (Å²) < 4.78 is 75.1. The Bertz CT molecular complexity index is 270. The van der Waals surface area contributed by atoms with E-state index in [1.54, 1.807) is 0 Å². The Labute approximate surface area is 82.6 Å². The second kappa shape index (κ2) is 2.63. The molecule has 0 radical (unpaired) electrons. The predicted molar refractivity (Wildman–Crippen MR) is 40.2 cm³/mol. The smallest absolute Gasteiger partial charge is 0.207 e. The topological polar surface area (TPSA) is 0 Å². The minimum Gasteiger partial charge on any atom is -0.207 e. The SMILES string of the molecule is CC(CC1CC1(F)F)C1C(F)(F)C1(F)F. The molecule has 0 bridgehead atoms. The van der Waals surface area contributed by atoms with Crippen molar-refractivity contribution < 1.29 is 26.3 Å². The van der Waals surface area contributed by atoms with Crippen molar-refractivity contribution in [1.29, 1.82) is 0 Å². The van der Waals surface area contributed by atoms with E-state index in [1.165, 1.54) is 6.92 Å². The molecule has 0 amide bonds. The minimum atomic E-state index is -4.00. The van der Waals surface area contributed by atoms with E-state index in [1.807, 2.05) is 0 Å². The number of hydrogen-bond acceptors (Lipinski definition) is 0. The van der Waals surface area contributed by atoms with Crippen molar-refractivity contribution in [3.8, 4) is 0 Å². The van der Waals surface area contributed by atoms with Crippen LogP contribution in [0.5, 0.6) is 0 Å². The van der Waals surface area contributed by atoms with Crippen molar-refractivity contribution in [2.45, 2.75) is 37.5 Å². The molecule has 2 aliphatic carbocycles. The molecular weight excluding hydrogens is 222 g/mol. The first-order valence-corrected chi connectivity index (χ1v) is 4.74. The van der Waals surface area contributed by atoms with Gasteiger partial charge in [-0.05, 0) is 12.3 Å². The molecule has 2 rings (SSSR count). The zero-order valence-electron chi connectivity index (χ0n) is 7.91. The Hall–Kier alpha value is -0.420. The van der Waals surface area contributed by atoms with Gasteiger partial charge in [-0.3, -0.25) is 0 Å². The third kappa shape index (κ3) is 1.44. The van der Waals surface area contributed by atoms with E-state index in [4.69, 9.17) is 0 Å². The summed E-state index contributed by atoms with van der Waals surface area (Å²) in [4.78, 5) is 0. The van der Waals surface area contributed by atoms with Gasteiger partial charge in [0.1, 0.15) is 5.92 Å². The second-order valence-electron chi connectivity index (χ2n) is 4.60. The van der Waals surface area contributed by atoms with Crippen LogP contribution in [0.3, 0.4) is 0 Å². The van der Waals surface area contributed by atoms with Gasteiger partial charge in [-0.2, -0.15) is 17.6 Å². The van der Waals surface area contributed by atoms with Crippen LogP contribution in [0.1, 0.15) is 19.8 Å². The lowest BCUT2D eigenvalue weighted by atomic mass is 9.98. The van der Waals surface area contributed by atoms with E-state index in [9.17, 15) is 26.3 Å². The van der Waals surface area contributed by atoms with Gasteiger partial charge in [-0.25, -0.2) is 8.78 Å². The molecule has 2 atom stereocenters. The highest BCUT2D eigenvalue weighted by molar-refractivity contribution is 5.16. The van der Waals surface area contributed by atoms with Gasteiger partial charge in [0.25, 0.3) is 5.92 Å². The molecule has 2 fully saturated rings. The Morgan fingerprint density at radius 2 is 1.47 bits per heavy atom. The van der Waals surface area contributed by atoms with Crippen LogP contribution in [0.4, 0.5) is 26.3 Å². The lowest BCUT2D eigenvalue weighted by Gasteiger charge is -2.08. The van der Waals surface area contributed by atoms with Gasteiger partial charge in [0.15, 0.2) is 0 Å². The highest BCUT2D eigenvalue weighted by atomic mass is 19.3. The first-order valence-electron chi connectivity index (χ1n) is 4.74. The van der Waals surface area contributed by atoms with Crippen molar-refractivity contribution >= 4 is 0 Å². The molecule has 6 heteroatoms. The van der Waals surface area contributed by atoms with E-state index < -0.39 is 35.5 Å². The standard InChI is InChI=1S/C9H10F6/c1-4(2-5-3-7(5,10)11)6-8(12,13)9(6,14)15/h4-6H,2-3H2,1H3. The number of hydrogen-bond donors (Lipinski definition) is 0. The maximum atomic E-state index is 12.6. The van der Waals surface area contributed by atoms with Gasteiger partial charge in [0.05, 0.1) is 0 Å². The summed E-state index contributed by atoms with van der Waals surface area (Å²) in [7, 11) is 0. The fraction of sp³-hybridized carbons (Fsp3) is 1.00. The zero-order valence-corrected chi connectivity index (χ0v) is 7.91. The Morgan fingerprint density at radius 1 is 1.07 bits per heavy atom. The zero-order chi connectivity index (χ0) is 11.6. The van der Waals surface area contributed by atoms with E-state index in [-0.39, 0.29) is 12.8 Å². The number of alkyl halides is 6. The largest absolute Gasteiger partial charge is 0.319 e. The molecule has 0 aromatic rings. The van der Waals surface area contributed by atoms with Crippen LogP contribution in [-0.4, -0.2) is 17.8 Å². The van der Waals surface area contributed by atoms with Gasteiger partial charge >= 0.3 is 11.8 Å². The van der Waals surface area contributed by atoms with Crippen LogP contribution in [0.2, 0.25) is 0 Å². The van der Waals surface area contributed by atoms with Crippen molar-refractivity contribution in [3.63, 3.8) is 0 Å². The van der Waals surface area contributed by atoms with E-state index in [2.05, 4.69) is 0 Å². The Morgan fingerprint density at radius 3 is 1.73 bits per heavy atom. The third-order valence-corrected chi connectivity index (χ3v) is 3.32. The number of rotatable bonds is 3. The minimum absolute atomic E-state index is 0.247. The van der Waals surface area contributed by atoms with E-state index >= 15 is 0 Å². The summed E-state index contributed by atoms with van der Waals surface area (Å²) in [5, 5.41) is 0. The summed E-state index contributed by atoms with van der Waals surface area (Å²) in [6, 6.07) is 0. The van der Waals surface area contributed by atoms with Gasteiger partial charge in [-0.15, -0.1) is 0 Å². The van der Waals surface area contributed by atoms with Crippen LogP contribution < -0.4 is 0 Å². The average Bonchev–Trinajstić information content (AvgIpc) is 2.67. The first-order chi connectivity index (χ1) is 6.61. The fourth-order valence-electron chi connectivity index (χ4n) is 2.19. The fourth-order valence-corrected chi connectivity index (χ4v) is 2.19. The molecule has 0 aliphatic heterocycles. The summed E-state index contributed by atoms with van der Waals surface area (Å²) >= 11 is 0. The molecule has 0 aromatic carbocycles. The van der Waals surface area contributed by atoms with E-state index in [0.717, 1.165) is 0 Å². The summed E-state index contributed by atoms with van der Waals surface area (Å²) in [5.41, 5.74) is 0. The molecule has 88 valence electrons. The molecule has 15 heavy (non-hydrogen) atoms. The quantitative estimate of drug-likeness (QED) is 0.652. The van der Waals surface area contributed by atoms with Gasteiger partial charge in [-0.1, -0.05) is 6.92 Å². The molecule has 0 saturated heterocycles.